The Morgan fingerprint density at radius 3 is 2.56 bits per heavy atom. The molecule has 0 aliphatic heterocycles. The monoisotopic (exact) mass is 269 g/mol. The molecule has 0 radical (unpaired) electrons. The molecule has 0 saturated heterocycles. The molecule has 0 saturated carbocycles. The van der Waals surface area contributed by atoms with Crippen LogP contribution in [0.25, 0.3) is 0 Å². The van der Waals surface area contributed by atoms with Crippen molar-refractivity contribution in [2.24, 2.45) is 5.92 Å². The van der Waals surface area contributed by atoms with E-state index in [1.165, 1.54) is 0 Å². The maximum atomic E-state index is 6.13. The highest BCUT2D eigenvalue weighted by atomic mass is 35.5. The lowest BCUT2D eigenvalue weighted by Crippen LogP contribution is -2.12. The van der Waals surface area contributed by atoms with Gasteiger partial charge >= 0.3 is 0 Å². The van der Waals surface area contributed by atoms with Crippen molar-refractivity contribution < 1.29 is 4.74 Å². The summed E-state index contributed by atoms with van der Waals surface area (Å²) in [6.07, 6.45) is 1.12. The molecule has 0 aliphatic rings. The van der Waals surface area contributed by atoms with E-state index in [4.69, 9.17) is 16.3 Å². The Morgan fingerprint density at radius 2 is 1.89 bits per heavy atom. The molecule has 0 spiro atoms. The van der Waals surface area contributed by atoms with Crippen molar-refractivity contribution in [3.63, 3.8) is 0 Å². The number of para-hydroxylation sites is 1. The molecule has 2 nitrogen and oxygen atoms in total. The number of rotatable bonds is 8. The van der Waals surface area contributed by atoms with Crippen LogP contribution in [0.1, 0.15) is 38.1 Å². The molecule has 18 heavy (non-hydrogen) atoms. The molecule has 0 bridgehead atoms. The number of ether oxygens (including phenoxy) is 1. The zero-order valence-corrected chi connectivity index (χ0v) is 12.3. The second-order valence-electron chi connectivity index (χ2n) is 4.92. The molecule has 102 valence electrons. The average Bonchev–Trinajstić information content (AvgIpc) is 2.33. The molecule has 1 aromatic rings. The molecular formula is C15H24ClNO. The molecule has 1 unspecified atom stereocenters. The fraction of sp³-hybridized carbons (Fsp3) is 0.600. The van der Waals surface area contributed by atoms with Crippen molar-refractivity contribution in [2.45, 2.75) is 32.6 Å². The lowest BCUT2D eigenvalue weighted by atomic mass is 10.1. The second-order valence-corrected chi connectivity index (χ2v) is 5.58. The molecule has 1 aromatic carbocycles. The maximum absolute atomic E-state index is 6.13. The fourth-order valence-corrected chi connectivity index (χ4v) is 1.87. The summed E-state index contributed by atoms with van der Waals surface area (Å²) >= 11 is 6.13. The van der Waals surface area contributed by atoms with E-state index in [0.29, 0.717) is 5.92 Å². The van der Waals surface area contributed by atoms with Gasteiger partial charge in [-0.2, -0.15) is 0 Å². The van der Waals surface area contributed by atoms with Gasteiger partial charge in [0.05, 0.1) is 12.0 Å². The van der Waals surface area contributed by atoms with E-state index >= 15 is 0 Å². The average molecular weight is 270 g/mol. The first-order valence-corrected chi connectivity index (χ1v) is 7.09. The minimum absolute atomic E-state index is 0.0237. The molecule has 3 heteroatoms. The second kappa shape index (κ2) is 8.39. The molecule has 1 rings (SSSR count). The van der Waals surface area contributed by atoms with Gasteiger partial charge in [-0.15, -0.1) is 11.6 Å². The summed E-state index contributed by atoms with van der Waals surface area (Å²) in [5.74, 6) is 0.704. The predicted octanol–water partition coefficient (Wildman–Crippen LogP) is 4.46. The van der Waals surface area contributed by atoms with Crippen molar-refractivity contribution in [2.75, 3.05) is 25.1 Å². The summed E-state index contributed by atoms with van der Waals surface area (Å²) in [7, 11) is 0. The van der Waals surface area contributed by atoms with E-state index in [2.05, 4.69) is 31.3 Å². The topological polar surface area (TPSA) is 21.3 Å². The highest BCUT2D eigenvalue weighted by Gasteiger charge is 2.06. The molecule has 0 aromatic heterocycles. The van der Waals surface area contributed by atoms with Gasteiger partial charge in [-0.3, -0.25) is 0 Å². The van der Waals surface area contributed by atoms with E-state index in [-0.39, 0.29) is 5.38 Å². The van der Waals surface area contributed by atoms with Crippen LogP contribution in [0, 0.1) is 5.92 Å². The van der Waals surface area contributed by atoms with Crippen LogP contribution in [0.4, 0.5) is 5.69 Å². The van der Waals surface area contributed by atoms with Gasteiger partial charge in [0.15, 0.2) is 0 Å². The third-order valence-corrected chi connectivity index (χ3v) is 3.03. The normalized spacial score (nSPS) is 12.7. The van der Waals surface area contributed by atoms with Crippen LogP contribution in [0.3, 0.4) is 0 Å². The van der Waals surface area contributed by atoms with Gasteiger partial charge in [0.25, 0.3) is 0 Å². The number of halogens is 1. The summed E-state index contributed by atoms with van der Waals surface area (Å²) in [4.78, 5) is 0. The summed E-state index contributed by atoms with van der Waals surface area (Å²) in [5.41, 5.74) is 2.24. The number of benzene rings is 1. The Bertz CT molecular complexity index is 339. The summed E-state index contributed by atoms with van der Waals surface area (Å²) in [6, 6.07) is 8.14. The maximum Gasteiger partial charge on any atom is 0.0639 e. The van der Waals surface area contributed by atoms with Crippen molar-refractivity contribution in [1.29, 1.82) is 0 Å². The van der Waals surface area contributed by atoms with Gasteiger partial charge in [0.1, 0.15) is 0 Å². The first-order chi connectivity index (χ1) is 8.61. The standard InChI is InChI=1S/C15H24ClNO/c1-12(2)8-10-18-11-9-17-15-7-5-4-6-14(15)13(3)16/h4-7,12-13,17H,8-11H2,1-3H3. The predicted molar refractivity (Wildman–Crippen MR) is 79.5 cm³/mol. The zero-order chi connectivity index (χ0) is 13.4. The Hall–Kier alpha value is -0.730. The van der Waals surface area contributed by atoms with Crippen molar-refractivity contribution in [1.82, 2.24) is 0 Å². The number of hydrogen-bond acceptors (Lipinski definition) is 2. The Morgan fingerprint density at radius 1 is 1.17 bits per heavy atom. The van der Waals surface area contributed by atoms with Crippen LogP contribution in [-0.2, 0) is 4.74 Å². The van der Waals surface area contributed by atoms with E-state index < -0.39 is 0 Å². The number of anilines is 1. The number of nitrogens with one attached hydrogen (secondary N) is 1. The smallest absolute Gasteiger partial charge is 0.0639 e. The highest BCUT2D eigenvalue weighted by Crippen LogP contribution is 2.26. The lowest BCUT2D eigenvalue weighted by molar-refractivity contribution is 0.132. The van der Waals surface area contributed by atoms with Crippen molar-refractivity contribution in [3.8, 4) is 0 Å². The van der Waals surface area contributed by atoms with Gasteiger partial charge in [0.2, 0.25) is 0 Å². The largest absolute Gasteiger partial charge is 0.382 e. The van der Waals surface area contributed by atoms with Gasteiger partial charge in [-0.25, -0.2) is 0 Å². The van der Waals surface area contributed by atoms with Crippen LogP contribution >= 0.6 is 11.6 Å². The van der Waals surface area contributed by atoms with Crippen LogP contribution < -0.4 is 5.32 Å². The van der Waals surface area contributed by atoms with Crippen LogP contribution in [0.5, 0.6) is 0 Å². The Labute approximate surface area is 116 Å². The summed E-state index contributed by atoms with van der Waals surface area (Å²) in [5, 5.41) is 3.40. The van der Waals surface area contributed by atoms with Crippen molar-refractivity contribution >= 4 is 17.3 Å². The first kappa shape index (κ1) is 15.3. The molecule has 0 amide bonds. The third kappa shape index (κ3) is 5.74. The van der Waals surface area contributed by atoms with E-state index in [9.17, 15) is 0 Å². The van der Waals surface area contributed by atoms with Gasteiger partial charge in [0, 0.05) is 18.8 Å². The molecule has 1 N–H and O–H groups in total. The first-order valence-electron chi connectivity index (χ1n) is 6.66. The molecule has 0 aliphatic carbocycles. The quantitative estimate of drug-likeness (QED) is 0.556. The minimum Gasteiger partial charge on any atom is -0.382 e. The third-order valence-electron chi connectivity index (χ3n) is 2.79. The Kier molecular flexibility index (Phi) is 7.14. The molecule has 0 fully saturated rings. The van der Waals surface area contributed by atoms with Gasteiger partial charge in [-0.1, -0.05) is 32.0 Å². The summed E-state index contributed by atoms with van der Waals surface area (Å²) in [6.45, 7) is 8.80. The van der Waals surface area contributed by atoms with E-state index in [1.807, 2.05) is 19.1 Å². The van der Waals surface area contributed by atoms with E-state index in [0.717, 1.165) is 37.4 Å². The fourth-order valence-electron chi connectivity index (χ4n) is 1.68. The lowest BCUT2D eigenvalue weighted by Gasteiger charge is -2.13. The zero-order valence-electron chi connectivity index (χ0n) is 11.6. The van der Waals surface area contributed by atoms with Crippen LogP contribution in [0.2, 0.25) is 0 Å². The number of hydrogen-bond donors (Lipinski definition) is 1. The Balaban J connectivity index is 2.27. The van der Waals surface area contributed by atoms with Gasteiger partial charge < -0.3 is 10.1 Å². The van der Waals surface area contributed by atoms with E-state index in [1.54, 1.807) is 0 Å². The molecule has 1 atom stereocenters. The van der Waals surface area contributed by atoms with Crippen molar-refractivity contribution in [3.05, 3.63) is 29.8 Å². The minimum atomic E-state index is 0.0237. The summed E-state index contributed by atoms with van der Waals surface area (Å²) < 4.78 is 5.57. The molecular weight excluding hydrogens is 246 g/mol. The SMILES string of the molecule is CC(C)CCOCCNc1ccccc1C(C)Cl. The molecule has 0 heterocycles. The number of alkyl halides is 1. The highest BCUT2D eigenvalue weighted by molar-refractivity contribution is 6.21. The van der Waals surface area contributed by atoms with Crippen LogP contribution in [-0.4, -0.2) is 19.8 Å². The van der Waals surface area contributed by atoms with Crippen LogP contribution in [0.15, 0.2) is 24.3 Å². The van der Waals surface area contributed by atoms with Gasteiger partial charge in [-0.05, 0) is 30.9 Å².